The van der Waals surface area contributed by atoms with E-state index in [9.17, 15) is 9.50 Å². The molecule has 1 aliphatic rings. The average molecular weight is 238 g/mol. The fourth-order valence-corrected chi connectivity index (χ4v) is 2.55. The van der Waals surface area contributed by atoms with Crippen LogP contribution >= 0.6 is 0 Å². The topological polar surface area (TPSA) is 29.5 Å². The van der Waals surface area contributed by atoms with E-state index >= 15 is 0 Å². The third-order valence-corrected chi connectivity index (χ3v) is 3.64. The van der Waals surface area contributed by atoms with Gasteiger partial charge in [-0.1, -0.05) is 13.8 Å². The zero-order chi connectivity index (χ0) is 12.4. The number of aliphatic hydroxyl groups is 1. The molecule has 0 aliphatic carbocycles. The fraction of sp³-hybridized carbons (Fsp3) is 0.571. The Hall–Kier alpha value is -1.09. The molecule has 1 N–H and O–H groups in total. The molecule has 1 unspecified atom stereocenters. The van der Waals surface area contributed by atoms with Gasteiger partial charge in [-0.25, -0.2) is 4.39 Å². The lowest BCUT2D eigenvalue weighted by atomic mass is 9.88. The number of hydrogen-bond acceptors (Lipinski definition) is 2. The molecule has 3 heteroatoms. The predicted molar refractivity (Wildman–Crippen MR) is 64.5 cm³/mol. The first kappa shape index (κ1) is 12.4. The van der Waals surface area contributed by atoms with E-state index in [1.54, 1.807) is 6.07 Å². The summed E-state index contributed by atoms with van der Waals surface area (Å²) in [6.07, 6.45) is 2.05. The second-order valence-electron chi connectivity index (χ2n) is 4.67. The molecule has 0 fully saturated rings. The number of rotatable bonds is 3. The zero-order valence-electron chi connectivity index (χ0n) is 10.3. The van der Waals surface area contributed by atoms with E-state index in [0.29, 0.717) is 23.7 Å². The van der Waals surface area contributed by atoms with Gasteiger partial charge in [-0.05, 0) is 37.0 Å². The molecule has 0 spiro atoms. The van der Waals surface area contributed by atoms with Gasteiger partial charge in [0.1, 0.15) is 17.7 Å². The van der Waals surface area contributed by atoms with Gasteiger partial charge < -0.3 is 9.84 Å². The number of benzene rings is 1. The van der Waals surface area contributed by atoms with Gasteiger partial charge in [-0.2, -0.15) is 0 Å². The van der Waals surface area contributed by atoms with Gasteiger partial charge in [0.2, 0.25) is 0 Å². The first-order chi connectivity index (χ1) is 8.15. The van der Waals surface area contributed by atoms with Crippen molar-refractivity contribution in [2.45, 2.75) is 45.3 Å². The standard InChI is InChI=1S/C14H19FO2/c1-3-9(4-2)14-8-12(16)11-7-10(15)5-6-13(11)17-14/h5-7,9,12,14,16H,3-4,8H2,1-2H3/t12-,14?/m1/s1. The molecule has 2 rings (SSSR count). The Morgan fingerprint density at radius 3 is 2.76 bits per heavy atom. The second kappa shape index (κ2) is 5.05. The van der Waals surface area contributed by atoms with Crippen molar-refractivity contribution < 1.29 is 14.2 Å². The van der Waals surface area contributed by atoms with E-state index in [1.165, 1.54) is 12.1 Å². The summed E-state index contributed by atoms with van der Waals surface area (Å²) in [5.74, 6) is 0.747. The van der Waals surface area contributed by atoms with E-state index in [4.69, 9.17) is 4.74 Å². The third-order valence-electron chi connectivity index (χ3n) is 3.64. The van der Waals surface area contributed by atoms with Gasteiger partial charge in [0.05, 0.1) is 6.10 Å². The van der Waals surface area contributed by atoms with Crippen LogP contribution in [0.15, 0.2) is 18.2 Å². The van der Waals surface area contributed by atoms with Crippen LogP contribution in [0.5, 0.6) is 5.75 Å². The highest BCUT2D eigenvalue weighted by Crippen LogP contribution is 2.38. The van der Waals surface area contributed by atoms with Crippen LogP contribution in [-0.4, -0.2) is 11.2 Å². The Morgan fingerprint density at radius 2 is 2.12 bits per heavy atom. The Bertz CT molecular complexity index is 388. The van der Waals surface area contributed by atoms with Crippen molar-refractivity contribution in [3.63, 3.8) is 0 Å². The Balaban J connectivity index is 2.24. The summed E-state index contributed by atoms with van der Waals surface area (Å²) in [6.45, 7) is 4.26. The van der Waals surface area contributed by atoms with E-state index in [-0.39, 0.29) is 11.9 Å². The van der Waals surface area contributed by atoms with Crippen LogP contribution in [-0.2, 0) is 0 Å². The monoisotopic (exact) mass is 238 g/mol. The number of fused-ring (bicyclic) bond motifs is 1. The molecule has 0 bridgehead atoms. The summed E-state index contributed by atoms with van der Waals surface area (Å²) in [4.78, 5) is 0. The minimum atomic E-state index is -0.611. The summed E-state index contributed by atoms with van der Waals surface area (Å²) in [5, 5.41) is 10.0. The smallest absolute Gasteiger partial charge is 0.125 e. The highest BCUT2D eigenvalue weighted by atomic mass is 19.1. The minimum absolute atomic E-state index is 0.0398. The number of halogens is 1. The minimum Gasteiger partial charge on any atom is -0.490 e. The van der Waals surface area contributed by atoms with Gasteiger partial charge >= 0.3 is 0 Å². The van der Waals surface area contributed by atoms with Gasteiger partial charge in [0.25, 0.3) is 0 Å². The molecular weight excluding hydrogens is 219 g/mol. The number of hydrogen-bond donors (Lipinski definition) is 1. The summed E-state index contributed by atoms with van der Waals surface area (Å²) >= 11 is 0. The van der Waals surface area contributed by atoms with Crippen LogP contribution in [0.3, 0.4) is 0 Å². The normalized spacial score (nSPS) is 23.4. The van der Waals surface area contributed by atoms with Crippen molar-refractivity contribution in [3.05, 3.63) is 29.6 Å². The van der Waals surface area contributed by atoms with Crippen molar-refractivity contribution in [2.24, 2.45) is 5.92 Å². The largest absolute Gasteiger partial charge is 0.490 e. The highest BCUT2D eigenvalue weighted by molar-refractivity contribution is 5.37. The lowest BCUT2D eigenvalue weighted by Crippen LogP contribution is -2.32. The van der Waals surface area contributed by atoms with Crippen LogP contribution in [0.1, 0.15) is 44.8 Å². The maximum atomic E-state index is 13.1. The molecule has 1 aliphatic heterocycles. The summed E-state index contributed by atoms with van der Waals surface area (Å²) in [5.41, 5.74) is 0.576. The lowest BCUT2D eigenvalue weighted by Gasteiger charge is -2.34. The zero-order valence-corrected chi connectivity index (χ0v) is 10.3. The third kappa shape index (κ3) is 2.44. The SMILES string of the molecule is CCC(CC)C1C[C@@H](O)c2cc(F)ccc2O1. The van der Waals surface area contributed by atoms with E-state index < -0.39 is 6.10 Å². The maximum absolute atomic E-state index is 13.1. The Morgan fingerprint density at radius 1 is 1.41 bits per heavy atom. The summed E-state index contributed by atoms with van der Waals surface area (Å²) in [6, 6.07) is 4.35. The van der Waals surface area contributed by atoms with Gasteiger partial charge in [-0.3, -0.25) is 0 Å². The average Bonchev–Trinajstić information content (AvgIpc) is 2.32. The molecule has 1 heterocycles. The van der Waals surface area contributed by atoms with Crippen LogP contribution < -0.4 is 4.74 Å². The highest BCUT2D eigenvalue weighted by Gasteiger charge is 2.31. The van der Waals surface area contributed by atoms with Crippen molar-refractivity contribution in [3.8, 4) is 5.75 Å². The molecule has 2 nitrogen and oxygen atoms in total. The van der Waals surface area contributed by atoms with Crippen molar-refractivity contribution >= 4 is 0 Å². The molecule has 0 saturated heterocycles. The Kier molecular flexibility index (Phi) is 3.67. The molecule has 2 atom stereocenters. The quantitative estimate of drug-likeness (QED) is 0.874. The van der Waals surface area contributed by atoms with E-state index in [2.05, 4.69) is 13.8 Å². The van der Waals surface area contributed by atoms with Crippen LogP contribution in [0.4, 0.5) is 4.39 Å². The number of ether oxygens (including phenoxy) is 1. The molecule has 0 amide bonds. The lowest BCUT2D eigenvalue weighted by molar-refractivity contribution is 0.0314. The molecule has 0 saturated carbocycles. The van der Waals surface area contributed by atoms with Crippen LogP contribution in [0.2, 0.25) is 0 Å². The van der Waals surface area contributed by atoms with Gasteiger partial charge in [0, 0.05) is 12.0 Å². The molecule has 1 aromatic carbocycles. The van der Waals surface area contributed by atoms with Gasteiger partial charge in [0.15, 0.2) is 0 Å². The molecule has 17 heavy (non-hydrogen) atoms. The van der Waals surface area contributed by atoms with Gasteiger partial charge in [-0.15, -0.1) is 0 Å². The van der Waals surface area contributed by atoms with Crippen LogP contribution in [0.25, 0.3) is 0 Å². The van der Waals surface area contributed by atoms with E-state index in [0.717, 1.165) is 12.8 Å². The summed E-state index contributed by atoms with van der Waals surface area (Å²) in [7, 11) is 0. The molecular formula is C14H19FO2. The molecule has 94 valence electrons. The molecule has 1 aromatic rings. The number of aliphatic hydroxyl groups excluding tert-OH is 1. The summed E-state index contributed by atoms with van der Waals surface area (Å²) < 4.78 is 19.0. The fourth-order valence-electron chi connectivity index (χ4n) is 2.55. The van der Waals surface area contributed by atoms with E-state index in [1.807, 2.05) is 0 Å². The predicted octanol–water partition coefficient (Wildman–Crippen LogP) is 3.45. The first-order valence-electron chi connectivity index (χ1n) is 6.29. The van der Waals surface area contributed by atoms with Crippen molar-refractivity contribution in [2.75, 3.05) is 0 Å². The maximum Gasteiger partial charge on any atom is 0.125 e. The first-order valence-corrected chi connectivity index (χ1v) is 6.29. The molecule has 0 aromatic heterocycles. The Labute approximate surface area is 101 Å². The van der Waals surface area contributed by atoms with Crippen molar-refractivity contribution in [1.29, 1.82) is 0 Å². The van der Waals surface area contributed by atoms with Crippen LogP contribution in [0, 0.1) is 11.7 Å². The van der Waals surface area contributed by atoms with Crippen molar-refractivity contribution in [1.82, 2.24) is 0 Å². The second-order valence-corrected chi connectivity index (χ2v) is 4.67. The molecule has 0 radical (unpaired) electrons.